The van der Waals surface area contributed by atoms with E-state index in [2.05, 4.69) is 26.1 Å². The van der Waals surface area contributed by atoms with E-state index in [4.69, 9.17) is 18.9 Å². The third kappa shape index (κ3) is 3.32. The van der Waals surface area contributed by atoms with E-state index in [9.17, 15) is 14.4 Å². The van der Waals surface area contributed by atoms with Crippen LogP contribution in [0.1, 0.15) is 47.5 Å². The van der Waals surface area contributed by atoms with Gasteiger partial charge in [0.1, 0.15) is 11.6 Å². The largest absolute Gasteiger partial charge is 0.465 e. The molecule has 8 nitrogen and oxygen atoms in total. The molecule has 0 radical (unpaired) electrons. The van der Waals surface area contributed by atoms with Crippen molar-refractivity contribution in [1.29, 1.82) is 0 Å². The number of carbonyl (C=O) groups is 3. The fraction of sp³-hybridized carbons (Fsp3) is 0.864. The Morgan fingerprint density at radius 3 is 2.40 bits per heavy atom. The van der Waals surface area contributed by atoms with Crippen LogP contribution in [0.25, 0.3) is 0 Å². The summed E-state index contributed by atoms with van der Waals surface area (Å²) in [6.07, 6.45) is 0.614. The zero-order chi connectivity index (χ0) is 22.1. The molecule has 168 valence electrons. The molecule has 2 heterocycles. The third-order valence-corrected chi connectivity index (χ3v) is 7.41. The van der Waals surface area contributed by atoms with Crippen LogP contribution in [-0.2, 0) is 33.3 Å². The van der Waals surface area contributed by atoms with Gasteiger partial charge < -0.3 is 18.9 Å². The first kappa shape index (κ1) is 21.6. The SMILES string of the molecule is COC1C2CC(C3COC(=O)C32)C1OC(=O)COC(=O)C1(CC(C)(C)C)NC1(C)C. The highest BCUT2D eigenvalue weighted by Crippen LogP contribution is 2.57. The van der Waals surface area contributed by atoms with E-state index in [1.165, 1.54) is 0 Å². The third-order valence-electron chi connectivity index (χ3n) is 7.41. The van der Waals surface area contributed by atoms with Crippen molar-refractivity contribution in [2.45, 2.75) is 70.7 Å². The van der Waals surface area contributed by atoms with Gasteiger partial charge >= 0.3 is 17.9 Å². The van der Waals surface area contributed by atoms with E-state index in [1.54, 1.807) is 7.11 Å². The molecule has 2 bridgehead atoms. The summed E-state index contributed by atoms with van der Waals surface area (Å²) in [5.41, 5.74) is -1.24. The molecule has 7 atom stereocenters. The molecule has 0 amide bonds. The van der Waals surface area contributed by atoms with Gasteiger partial charge in [0.2, 0.25) is 0 Å². The van der Waals surface area contributed by atoms with E-state index >= 15 is 0 Å². The van der Waals surface area contributed by atoms with E-state index < -0.39 is 30.2 Å². The number of rotatable bonds is 6. The minimum atomic E-state index is -0.790. The minimum absolute atomic E-state index is 0.00636. The Morgan fingerprint density at radius 1 is 1.17 bits per heavy atom. The van der Waals surface area contributed by atoms with Gasteiger partial charge in [0.15, 0.2) is 6.61 Å². The lowest BCUT2D eigenvalue weighted by Crippen LogP contribution is -2.46. The lowest BCUT2D eigenvalue weighted by Gasteiger charge is -2.34. The molecule has 4 fully saturated rings. The van der Waals surface area contributed by atoms with E-state index in [1.807, 2.05) is 13.8 Å². The average molecular weight is 424 g/mol. The molecule has 4 rings (SSSR count). The Morgan fingerprint density at radius 2 is 1.83 bits per heavy atom. The first-order chi connectivity index (χ1) is 13.9. The zero-order valence-electron chi connectivity index (χ0n) is 18.7. The maximum atomic E-state index is 12.8. The number of nitrogens with one attached hydrogen (secondary N) is 1. The summed E-state index contributed by atoms with van der Waals surface area (Å²) >= 11 is 0. The molecule has 0 aromatic heterocycles. The van der Waals surface area contributed by atoms with Gasteiger partial charge in [-0.25, -0.2) is 9.59 Å². The smallest absolute Gasteiger partial charge is 0.344 e. The molecular formula is C22H33NO7. The highest BCUT2D eigenvalue weighted by molar-refractivity contribution is 5.89. The minimum Gasteiger partial charge on any atom is -0.465 e. The van der Waals surface area contributed by atoms with Gasteiger partial charge in [-0.05, 0) is 32.1 Å². The maximum Gasteiger partial charge on any atom is 0.344 e. The van der Waals surface area contributed by atoms with Crippen molar-refractivity contribution in [2.75, 3.05) is 20.3 Å². The highest BCUT2D eigenvalue weighted by Gasteiger charge is 2.68. The van der Waals surface area contributed by atoms with Crippen molar-refractivity contribution in [3.63, 3.8) is 0 Å². The Hall–Kier alpha value is -1.67. The summed E-state index contributed by atoms with van der Waals surface area (Å²) in [7, 11) is 1.57. The monoisotopic (exact) mass is 423 g/mol. The summed E-state index contributed by atoms with van der Waals surface area (Å²) in [6, 6.07) is 0. The maximum absolute atomic E-state index is 12.8. The van der Waals surface area contributed by atoms with Crippen molar-refractivity contribution in [1.82, 2.24) is 5.32 Å². The van der Waals surface area contributed by atoms with Crippen LogP contribution in [0.5, 0.6) is 0 Å². The molecule has 2 saturated heterocycles. The summed E-state index contributed by atoms with van der Waals surface area (Å²) in [6.45, 7) is 10.1. The van der Waals surface area contributed by atoms with Crippen molar-refractivity contribution in [2.24, 2.45) is 29.1 Å². The zero-order valence-corrected chi connectivity index (χ0v) is 18.7. The number of ether oxygens (including phenoxy) is 4. The van der Waals surface area contributed by atoms with Crippen LogP contribution < -0.4 is 5.32 Å². The van der Waals surface area contributed by atoms with E-state index in [-0.39, 0.29) is 46.7 Å². The van der Waals surface area contributed by atoms with Crippen molar-refractivity contribution in [3.05, 3.63) is 0 Å². The van der Waals surface area contributed by atoms with Crippen molar-refractivity contribution >= 4 is 17.9 Å². The predicted molar refractivity (Wildman–Crippen MR) is 105 cm³/mol. The molecule has 0 aromatic rings. The topological polar surface area (TPSA) is 110 Å². The molecule has 2 aliphatic heterocycles. The number of cyclic esters (lactones) is 1. The quantitative estimate of drug-likeness (QED) is 0.388. The van der Waals surface area contributed by atoms with E-state index in [0.29, 0.717) is 13.0 Å². The molecule has 1 N–H and O–H groups in total. The van der Waals surface area contributed by atoms with Gasteiger partial charge in [-0.15, -0.1) is 0 Å². The number of carbonyl (C=O) groups excluding carboxylic acids is 3. The lowest BCUT2D eigenvalue weighted by molar-refractivity contribution is -0.174. The molecular weight excluding hydrogens is 390 g/mol. The molecule has 4 aliphatic rings. The van der Waals surface area contributed by atoms with Crippen molar-refractivity contribution < 1.29 is 33.3 Å². The van der Waals surface area contributed by atoms with Gasteiger partial charge in [-0.2, -0.15) is 0 Å². The summed E-state index contributed by atoms with van der Waals surface area (Å²) in [4.78, 5) is 37.4. The van der Waals surface area contributed by atoms with Gasteiger partial charge in [0.05, 0.1) is 18.6 Å². The molecule has 2 saturated carbocycles. The highest BCUT2D eigenvalue weighted by atomic mass is 16.6. The predicted octanol–water partition coefficient (Wildman–Crippen LogP) is 1.45. The van der Waals surface area contributed by atoms with Gasteiger partial charge in [-0.3, -0.25) is 10.1 Å². The number of hydrogen-bond acceptors (Lipinski definition) is 8. The second-order valence-corrected chi connectivity index (χ2v) is 11.0. The van der Waals surface area contributed by atoms with Gasteiger partial charge in [0.25, 0.3) is 0 Å². The Balaban J connectivity index is 1.35. The first-order valence-electron chi connectivity index (χ1n) is 10.8. The normalized spacial score (nSPS) is 40.7. The fourth-order valence-corrected chi connectivity index (χ4v) is 6.11. The molecule has 7 unspecified atom stereocenters. The second kappa shape index (κ2) is 6.92. The van der Waals surface area contributed by atoms with Crippen LogP contribution in [-0.4, -0.2) is 61.5 Å². The van der Waals surface area contributed by atoms with Gasteiger partial charge in [-0.1, -0.05) is 20.8 Å². The average Bonchev–Trinajstić information content (AvgIpc) is 3.03. The summed E-state index contributed by atoms with van der Waals surface area (Å²) in [5, 5.41) is 3.25. The Labute approximate surface area is 177 Å². The fourth-order valence-electron chi connectivity index (χ4n) is 6.11. The van der Waals surface area contributed by atoms with Crippen LogP contribution in [0.3, 0.4) is 0 Å². The molecule has 30 heavy (non-hydrogen) atoms. The first-order valence-corrected chi connectivity index (χ1v) is 10.8. The molecule has 0 aromatic carbocycles. The molecule has 8 heteroatoms. The van der Waals surface area contributed by atoms with Crippen LogP contribution in [0.2, 0.25) is 0 Å². The molecule has 0 spiro atoms. The number of fused-ring (bicyclic) bond motifs is 5. The van der Waals surface area contributed by atoms with Gasteiger partial charge in [0, 0.05) is 30.4 Å². The Kier molecular flexibility index (Phi) is 4.97. The number of esters is 3. The standard InChI is InChI=1S/C22H33NO7/c1-20(2,3)10-22(21(4,5)23-22)19(26)29-9-14(24)30-17-11-7-12(16(17)27-6)15-13(11)8-28-18(15)25/h11-13,15-17,23H,7-10H2,1-6H3. The molecule has 2 aliphatic carbocycles. The summed E-state index contributed by atoms with van der Waals surface area (Å²) < 4.78 is 21.9. The lowest BCUT2D eigenvalue weighted by atomic mass is 9.78. The van der Waals surface area contributed by atoms with Crippen LogP contribution >= 0.6 is 0 Å². The van der Waals surface area contributed by atoms with Crippen LogP contribution in [0.15, 0.2) is 0 Å². The summed E-state index contributed by atoms with van der Waals surface area (Å²) in [5.74, 6) is -1.23. The van der Waals surface area contributed by atoms with Crippen LogP contribution in [0, 0.1) is 29.1 Å². The number of methoxy groups -OCH3 is 1. The second-order valence-electron chi connectivity index (χ2n) is 11.0. The number of hydrogen-bond donors (Lipinski definition) is 1. The van der Waals surface area contributed by atoms with Crippen molar-refractivity contribution in [3.8, 4) is 0 Å². The van der Waals surface area contributed by atoms with Crippen LogP contribution in [0.4, 0.5) is 0 Å². The Bertz CT molecular complexity index is 757. The van der Waals surface area contributed by atoms with E-state index in [0.717, 1.165) is 6.42 Å².